The van der Waals surface area contributed by atoms with Crippen LogP contribution in [0.2, 0.25) is 0 Å². The number of nitrogens with zero attached hydrogens (tertiary/aromatic N) is 1. The van der Waals surface area contributed by atoms with E-state index in [9.17, 15) is 9.59 Å². The number of hydrogen-bond acceptors (Lipinski definition) is 5. The van der Waals surface area contributed by atoms with Crippen LogP contribution in [0.5, 0.6) is 0 Å². The lowest BCUT2D eigenvalue weighted by molar-refractivity contribution is -0.126. The van der Waals surface area contributed by atoms with Crippen LogP contribution in [0.4, 0.5) is 5.00 Å². The number of ether oxygens (including phenoxy) is 1. The Kier molecular flexibility index (Phi) is 4.94. The SMILES string of the molecule is C[C@H]1CN([C@@H](C)C(=O)Nc2sc3c(c2C(N)=O)CCC3)C[C@H](C)O1. The Hall–Kier alpha value is -1.44. The fraction of sp³-hybridized carbons (Fsp3) is 0.647. The number of carbonyl (C=O) groups is 2. The standard InChI is InChI=1S/C17H25N3O3S/c1-9-7-20(8-10(2)23-9)11(3)16(22)19-17-14(15(18)21)12-5-4-6-13(12)24-17/h9-11H,4-8H2,1-3H3,(H2,18,21)(H,19,22)/t9-,10-,11-/m0/s1. The number of nitrogens with two attached hydrogens (primary N) is 1. The zero-order chi connectivity index (χ0) is 17.4. The van der Waals surface area contributed by atoms with Gasteiger partial charge in [-0.05, 0) is 45.6 Å². The third-order valence-electron chi connectivity index (χ3n) is 4.78. The van der Waals surface area contributed by atoms with E-state index >= 15 is 0 Å². The maximum absolute atomic E-state index is 12.7. The Bertz CT molecular complexity index is 648. The van der Waals surface area contributed by atoms with E-state index in [1.54, 1.807) is 0 Å². The Labute approximate surface area is 146 Å². The molecule has 0 unspecified atom stereocenters. The minimum Gasteiger partial charge on any atom is -0.373 e. The van der Waals surface area contributed by atoms with Crippen molar-refractivity contribution in [3.8, 4) is 0 Å². The summed E-state index contributed by atoms with van der Waals surface area (Å²) in [5.74, 6) is -0.551. The third kappa shape index (κ3) is 3.34. The van der Waals surface area contributed by atoms with Crippen molar-refractivity contribution < 1.29 is 14.3 Å². The third-order valence-corrected chi connectivity index (χ3v) is 5.99. The average molecular weight is 351 g/mol. The molecule has 7 heteroatoms. The maximum atomic E-state index is 12.7. The summed E-state index contributed by atoms with van der Waals surface area (Å²) >= 11 is 1.49. The van der Waals surface area contributed by atoms with Crippen LogP contribution in [0, 0.1) is 0 Å². The zero-order valence-electron chi connectivity index (χ0n) is 14.4. The number of aryl methyl sites for hydroxylation is 1. The normalized spacial score (nSPS) is 25.3. The lowest BCUT2D eigenvalue weighted by Crippen LogP contribution is -2.52. The van der Waals surface area contributed by atoms with E-state index in [1.807, 2.05) is 20.8 Å². The van der Waals surface area contributed by atoms with Gasteiger partial charge in [-0.25, -0.2) is 0 Å². The number of morpholine rings is 1. The van der Waals surface area contributed by atoms with Crippen LogP contribution in [0.3, 0.4) is 0 Å². The predicted octanol–water partition coefficient (Wildman–Crippen LogP) is 1.77. The first-order valence-corrected chi connectivity index (χ1v) is 9.33. The molecular formula is C17H25N3O3S. The van der Waals surface area contributed by atoms with E-state index < -0.39 is 5.91 Å². The number of thiophene rings is 1. The molecule has 1 aliphatic heterocycles. The second kappa shape index (κ2) is 6.82. The van der Waals surface area contributed by atoms with E-state index in [-0.39, 0.29) is 24.2 Å². The van der Waals surface area contributed by atoms with Crippen LogP contribution >= 0.6 is 11.3 Å². The number of amides is 2. The van der Waals surface area contributed by atoms with E-state index in [2.05, 4.69) is 10.2 Å². The van der Waals surface area contributed by atoms with Gasteiger partial charge in [0.25, 0.3) is 5.91 Å². The fourth-order valence-corrected chi connectivity index (χ4v) is 4.97. The number of anilines is 1. The molecule has 0 spiro atoms. The summed E-state index contributed by atoms with van der Waals surface area (Å²) in [5.41, 5.74) is 7.10. The van der Waals surface area contributed by atoms with Gasteiger partial charge < -0.3 is 15.8 Å². The molecule has 1 fully saturated rings. The van der Waals surface area contributed by atoms with Crippen molar-refractivity contribution in [1.82, 2.24) is 4.90 Å². The summed E-state index contributed by atoms with van der Waals surface area (Å²) in [7, 11) is 0. The molecule has 3 rings (SSSR count). The molecule has 2 aliphatic rings. The first kappa shape index (κ1) is 17.4. The summed E-state index contributed by atoms with van der Waals surface area (Å²) in [6.45, 7) is 7.38. The largest absolute Gasteiger partial charge is 0.373 e. The van der Waals surface area contributed by atoms with Crippen LogP contribution in [0.1, 0.15) is 48.0 Å². The quantitative estimate of drug-likeness (QED) is 0.866. The fourth-order valence-electron chi connectivity index (χ4n) is 3.67. The number of primary amides is 1. The smallest absolute Gasteiger partial charge is 0.251 e. The molecule has 2 amide bonds. The molecule has 1 aromatic rings. The van der Waals surface area contributed by atoms with Gasteiger partial charge in [-0.15, -0.1) is 11.3 Å². The topological polar surface area (TPSA) is 84.7 Å². The lowest BCUT2D eigenvalue weighted by Gasteiger charge is -2.38. The molecule has 2 heterocycles. The van der Waals surface area contributed by atoms with Gasteiger partial charge in [-0.3, -0.25) is 14.5 Å². The first-order valence-electron chi connectivity index (χ1n) is 8.51. The molecular weight excluding hydrogens is 326 g/mol. The van der Waals surface area contributed by atoms with Gasteiger partial charge in [0.05, 0.1) is 23.8 Å². The Morgan fingerprint density at radius 3 is 2.58 bits per heavy atom. The summed E-state index contributed by atoms with van der Waals surface area (Å²) in [6.07, 6.45) is 3.10. The molecule has 0 saturated carbocycles. The molecule has 132 valence electrons. The zero-order valence-corrected chi connectivity index (χ0v) is 15.2. The minimum atomic E-state index is -0.453. The molecule has 3 N–H and O–H groups in total. The Morgan fingerprint density at radius 2 is 1.96 bits per heavy atom. The number of nitrogens with one attached hydrogen (secondary N) is 1. The molecule has 0 bridgehead atoms. The molecule has 1 aliphatic carbocycles. The van der Waals surface area contributed by atoms with Crippen molar-refractivity contribution in [2.45, 2.75) is 58.3 Å². The van der Waals surface area contributed by atoms with Gasteiger partial charge in [0.1, 0.15) is 5.00 Å². The van der Waals surface area contributed by atoms with E-state index in [0.29, 0.717) is 10.6 Å². The van der Waals surface area contributed by atoms with Gasteiger partial charge in [-0.1, -0.05) is 0 Å². The first-order chi connectivity index (χ1) is 11.4. The van der Waals surface area contributed by atoms with Crippen LogP contribution < -0.4 is 11.1 Å². The van der Waals surface area contributed by atoms with Crippen LogP contribution in [-0.2, 0) is 22.4 Å². The number of carbonyl (C=O) groups excluding carboxylic acids is 2. The second-order valence-electron chi connectivity index (χ2n) is 6.80. The summed E-state index contributed by atoms with van der Waals surface area (Å²) < 4.78 is 5.72. The highest BCUT2D eigenvalue weighted by Gasteiger charge is 2.31. The average Bonchev–Trinajstić information content (AvgIpc) is 3.05. The molecule has 6 nitrogen and oxygen atoms in total. The number of hydrogen-bond donors (Lipinski definition) is 2. The van der Waals surface area contributed by atoms with Gasteiger partial charge in [0.15, 0.2) is 0 Å². The Balaban J connectivity index is 1.74. The predicted molar refractivity (Wildman–Crippen MR) is 94.5 cm³/mol. The highest BCUT2D eigenvalue weighted by molar-refractivity contribution is 7.17. The number of fused-ring (bicyclic) bond motifs is 1. The van der Waals surface area contributed by atoms with Crippen LogP contribution in [0.15, 0.2) is 0 Å². The van der Waals surface area contributed by atoms with Crippen molar-refractivity contribution in [1.29, 1.82) is 0 Å². The molecule has 3 atom stereocenters. The van der Waals surface area contributed by atoms with Gasteiger partial charge in [0.2, 0.25) is 5.91 Å². The molecule has 0 radical (unpaired) electrons. The van der Waals surface area contributed by atoms with Gasteiger partial charge >= 0.3 is 0 Å². The van der Waals surface area contributed by atoms with Crippen molar-refractivity contribution in [3.05, 3.63) is 16.0 Å². The molecule has 24 heavy (non-hydrogen) atoms. The van der Waals surface area contributed by atoms with Gasteiger partial charge in [0, 0.05) is 18.0 Å². The highest BCUT2D eigenvalue weighted by atomic mass is 32.1. The van der Waals surface area contributed by atoms with Crippen molar-refractivity contribution >= 4 is 28.2 Å². The molecule has 1 saturated heterocycles. The maximum Gasteiger partial charge on any atom is 0.251 e. The summed E-state index contributed by atoms with van der Waals surface area (Å²) in [5, 5.41) is 3.55. The van der Waals surface area contributed by atoms with E-state index in [0.717, 1.165) is 37.9 Å². The summed E-state index contributed by atoms with van der Waals surface area (Å²) in [6, 6.07) is -0.281. The summed E-state index contributed by atoms with van der Waals surface area (Å²) in [4.78, 5) is 27.8. The van der Waals surface area contributed by atoms with Crippen LogP contribution in [-0.4, -0.2) is 48.1 Å². The van der Waals surface area contributed by atoms with Crippen LogP contribution in [0.25, 0.3) is 0 Å². The number of rotatable bonds is 4. The van der Waals surface area contributed by atoms with Crippen molar-refractivity contribution in [2.75, 3.05) is 18.4 Å². The minimum absolute atomic E-state index is 0.0984. The molecule has 0 aromatic carbocycles. The molecule has 1 aromatic heterocycles. The van der Waals surface area contributed by atoms with Crippen molar-refractivity contribution in [3.63, 3.8) is 0 Å². The second-order valence-corrected chi connectivity index (χ2v) is 7.91. The van der Waals surface area contributed by atoms with Gasteiger partial charge in [-0.2, -0.15) is 0 Å². The highest BCUT2D eigenvalue weighted by Crippen LogP contribution is 2.38. The lowest BCUT2D eigenvalue weighted by atomic mass is 10.1. The van der Waals surface area contributed by atoms with E-state index in [4.69, 9.17) is 10.5 Å². The Morgan fingerprint density at radius 1 is 1.29 bits per heavy atom. The van der Waals surface area contributed by atoms with Crippen molar-refractivity contribution in [2.24, 2.45) is 5.73 Å². The van der Waals surface area contributed by atoms with E-state index in [1.165, 1.54) is 16.2 Å². The monoisotopic (exact) mass is 351 g/mol.